The van der Waals surface area contributed by atoms with Gasteiger partial charge in [-0.05, 0) is 46.9 Å². The molecule has 2 N–H and O–H groups in total. The number of nitrogens with zero attached hydrogens (tertiary/aromatic N) is 2. The van der Waals surface area contributed by atoms with Crippen molar-refractivity contribution >= 4 is 50.9 Å². The molecule has 0 fully saturated rings. The van der Waals surface area contributed by atoms with Crippen LogP contribution in [0.4, 0.5) is 5.69 Å². The first-order chi connectivity index (χ1) is 9.24. The Kier molecular flexibility index (Phi) is 3.56. The molecule has 19 heavy (non-hydrogen) atoms. The maximum absolute atomic E-state index is 5.77. The standard InChI is InChI=1S/C14H10IN3S/c15-11-7-9(16)5-6-13(11)19-14-10-3-1-2-4-12(10)17-8-18-14/h1-8H,16H2. The molecule has 1 aromatic heterocycles. The van der Waals surface area contributed by atoms with Gasteiger partial charge in [0, 0.05) is 19.5 Å². The van der Waals surface area contributed by atoms with Gasteiger partial charge in [0.2, 0.25) is 0 Å². The second-order valence-electron chi connectivity index (χ2n) is 3.99. The molecule has 1 heterocycles. The van der Waals surface area contributed by atoms with E-state index in [1.807, 2.05) is 42.5 Å². The summed E-state index contributed by atoms with van der Waals surface area (Å²) >= 11 is 3.93. The molecular weight excluding hydrogens is 369 g/mol. The number of hydrogen-bond acceptors (Lipinski definition) is 4. The van der Waals surface area contributed by atoms with E-state index in [1.54, 1.807) is 18.1 Å². The average Bonchev–Trinajstić information content (AvgIpc) is 2.42. The summed E-state index contributed by atoms with van der Waals surface area (Å²) in [5.41, 5.74) is 7.51. The number of nitrogens with two attached hydrogens (primary N) is 1. The summed E-state index contributed by atoms with van der Waals surface area (Å²) in [5, 5.41) is 2.04. The second-order valence-corrected chi connectivity index (χ2v) is 6.18. The Balaban J connectivity index is 2.06. The maximum atomic E-state index is 5.77. The molecule has 0 saturated carbocycles. The summed E-state index contributed by atoms with van der Waals surface area (Å²) in [4.78, 5) is 9.81. The normalized spacial score (nSPS) is 10.8. The van der Waals surface area contributed by atoms with Crippen LogP contribution in [-0.2, 0) is 0 Å². The van der Waals surface area contributed by atoms with Gasteiger partial charge in [-0.15, -0.1) is 0 Å². The summed E-state index contributed by atoms with van der Waals surface area (Å²) in [6, 6.07) is 13.9. The molecular formula is C14H10IN3S. The van der Waals surface area contributed by atoms with Gasteiger partial charge in [-0.2, -0.15) is 0 Å². The topological polar surface area (TPSA) is 51.8 Å². The van der Waals surface area contributed by atoms with Crippen molar-refractivity contribution in [2.75, 3.05) is 5.73 Å². The number of para-hydroxylation sites is 1. The molecule has 2 aromatic carbocycles. The van der Waals surface area contributed by atoms with Crippen LogP contribution in [0.15, 0.2) is 58.7 Å². The van der Waals surface area contributed by atoms with Crippen molar-refractivity contribution in [2.24, 2.45) is 0 Å². The average molecular weight is 379 g/mol. The quantitative estimate of drug-likeness (QED) is 0.416. The van der Waals surface area contributed by atoms with Crippen LogP contribution < -0.4 is 5.73 Å². The summed E-state index contributed by atoms with van der Waals surface area (Å²) in [6.07, 6.45) is 1.61. The van der Waals surface area contributed by atoms with Crippen LogP contribution in [0.5, 0.6) is 0 Å². The maximum Gasteiger partial charge on any atom is 0.117 e. The van der Waals surface area contributed by atoms with Crippen molar-refractivity contribution in [3.8, 4) is 0 Å². The van der Waals surface area contributed by atoms with E-state index in [0.717, 1.165) is 30.1 Å². The van der Waals surface area contributed by atoms with Crippen LogP contribution in [0.2, 0.25) is 0 Å². The highest BCUT2D eigenvalue weighted by Crippen LogP contribution is 2.34. The molecule has 0 spiro atoms. The predicted octanol–water partition coefficient (Wildman–Crippen LogP) is 3.97. The number of aromatic nitrogens is 2. The first-order valence-electron chi connectivity index (χ1n) is 5.66. The highest BCUT2D eigenvalue weighted by Gasteiger charge is 2.07. The van der Waals surface area contributed by atoms with Crippen LogP contribution >= 0.6 is 34.4 Å². The van der Waals surface area contributed by atoms with E-state index in [4.69, 9.17) is 5.73 Å². The van der Waals surface area contributed by atoms with Crippen LogP contribution in [-0.4, -0.2) is 9.97 Å². The zero-order valence-corrected chi connectivity index (χ0v) is 12.9. The van der Waals surface area contributed by atoms with Crippen LogP contribution in [0, 0.1) is 3.57 Å². The zero-order chi connectivity index (χ0) is 13.2. The molecule has 0 amide bonds. The third-order valence-corrected chi connectivity index (χ3v) is 5.02. The minimum absolute atomic E-state index is 0.779. The van der Waals surface area contributed by atoms with Crippen molar-refractivity contribution in [1.82, 2.24) is 9.97 Å². The van der Waals surface area contributed by atoms with E-state index in [0.29, 0.717) is 0 Å². The lowest BCUT2D eigenvalue weighted by Gasteiger charge is -2.06. The second kappa shape index (κ2) is 5.34. The molecule has 0 bridgehead atoms. The van der Waals surface area contributed by atoms with E-state index in [-0.39, 0.29) is 0 Å². The van der Waals surface area contributed by atoms with Crippen molar-refractivity contribution in [1.29, 1.82) is 0 Å². The van der Waals surface area contributed by atoms with E-state index in [1.165, 1.54) is 0 Å². The fraction of sp³-hybridized carbons (Fsp3) is 0. The number of hydrogen-bond donors (Lipinski definition) is 1. The zero-order valence-electron chi connectivity index (χ0n) is 9.88. The van der Waals surface area contributed by atoms with Gasteiger partial charge < -0.3 is 5.73 Å². The SMILES string of the molecule is Nc1ccc(Sc2ncnc3ccccc23)c(I)c1. The number of halogens is 1. The lowest BCUT2D eigenvalue weighted by molar-refractivity contribution is 1.10. The third-order valence-electron chi connectivity index (χ3n) is 2.67. The highest BCUT2D eigenvalue weighted by molar-refractivity contribution is 14.1. The fourth-order valence-corrected chi connectivity index (χ4v) is 3.52. The molecule has 3 aromatic rings. The number of benzene rings is 2. The largest absolute Gasteiger partial charge is 0.399 e. The van der Waals surface area contributed by atoms with Gasteiger partial charge in [0.05, 0.1) is 5.52 Å². The first kappa shape index (κ1) is 12.7. The Labute approximate surface area is 128 Å². The molecule has 0 atom stereocenters. The predicted molar refractivity (Wildman–Crippen MR) is 87.2 cm³/mol. The molecule has 0 saturated heterocycles. The Hall–Kier alpha value is -1.34. The molecule has 5 heteroatoms. The smallest absolute Gasteiger partial charge is 0.117 e. The third kappa shape index (κ3) is 2.66. The Morgan fingerprint density at radius 1 is 1.05 bits per heavy atom. The van der Waals surface area contributed by atoms with Gasteiger partial charge in [0.1, 0.15) is 11.4 Å². The van der Waals surface area contributed by atoms with Crippen molar-refractivity contribution in [3.05, 3.63) is 52.4 Å². The molecule has 94 valence electrons. The van der Waals surface area contributed by atoms with Gasteiger partial charge in [0.25, 0.3) is 0 Å². The Morgan fingerprint density at radius 3 is 2.74 bits per heavy atom. The molecule has 3 nitrogen and oxygen atoms in total. The summed E-state index contributed by atoms with van der Waals surface area (Å²) in [6.45, 7) is 0. The number of anilines is 1. The van der Waals surface area contributed by atoms with Gasteiger partial charge in [-0.25, -0.2) is 9.97 Å². The summed E-state index contributed by atoms with van der Waals surface area (Å²) in [7, 11) is 0. The number of fused-ring (bicyclic) bond motifs is 1. The van der Waals surface area contributed by atoms with Crippen molar-refractivity contribution < 1.29 is 0 Å². The van der Waals surface area contributed by atoms with Gasteiger partial charge >= 0.3 is 0 Å². The first-order valence-corrected chi connectivity index (χ1v) is 7.56. The lowest BCUT2D eigenvalue weighted by atomic mass is 10.2. The van der Waals surface area contributed by atoms with Crippen LogP contribution in [0.25, 0.3) is 10.9 Å². The van der Waals surface area contributed by atoms with Gasteiger partial charge in [-0.3, -0.25) is 0 Å². The van der Waals surface area contributed by atoms with E-state index < -0.39 is 0 Å². The minimum atomic E-state index is 0.779. The van der Waals surface area contributed by atoms with E-state index >= 15 is 0 Å². The highest BCUT2D eigenvalue weighted by atomic mass is 127. The van der Waals surface area contributed by atoms with Crippen molar-refractivity contribution in [3.63, 3.8) is 0 Å². The molecule has 0 unspecified atom stereocenters. The molecule has 0 aliphatic heterocycles. The van der Waals surface area contributed by atoms with E-state index in [9.17, 15) is 0 Å². The monoisotopic (exact) mass is 379 g/mol. The number of rotatable bonds is 2. The van der Waals surface area contributed by atoms with Gasteiger partial charge in [0.15, 0.2) is 0 Å². The molecule has 0 aliphatic rings. The minimum Gasteiger partial charge on any atom is -0.399 e. The van der Waals surface area contributed by atoms with Crippen LogP contribution in [0.3, 0.4) is 0 Å². The summed E-state index contributed by atoms with van der Waals surface area (Å²) < 4.78 is 1.13. The Bertz CT molecular complexity index is 740. The molecule has 0 aliphatic carbocycles. The van der Waals surface area contributed by atoms with Gasteiger partial charge in [-0.1, -0.05) is 30.0 Å². The van der Waals surface area contributed by atoms with Crippen molar-refractivity contribution in [2.45, 2.75) is 9.92 Å². The lowest BCUT2D eigenvalue weighted by Crippen LogP contribution is -1.89. The Morgan fingerprint density at radius 2 is 1.89 bits per heavy atom. The molecule has 0 radical (unpaired) electrons. The van der Waals surface area contributed by atoms with E-state index in [2.05, 4.69) is 32.6 Å². The van der Waals surface area contributed by atoms with Crippen LogP contribution in [0.1, 0.15) is 0 Å². The summed E-state index contributed by atoms with van der Waals surface area (Å²) in [5.74, 6) is 0. The fourth-order valence-electron chi connectivity index (χ4n) is 1.77. The number of nitrogen functional groups attached to an aromatic ring is 1. The molecule has 3 rings (SSSR count).